The number of rotatable bonds is 1. The largest absolute Gasteiger partial charge is 0.356 e. The average molecular weight is 315 g/mol. The molecule has 0 saturated carbocycles. The monoisotopic (exact) mass is 314 g/mol. The Morgan fingerprint density at radius 1 is 1.05 bits per heavy atom. The fourth-order valence-electron chi connectivity index (χ4n) is 2.52. The summed E-state index contributed by atoms with van der Waals surface area (Å²) in [4.78, 5) is 14.2. The van der Waals surface area contributed by atoms with E-state index in [1.807, 2.05) is 0 Å². The Balaban J connectivity index is 2.16. The van der Waals surface area contributed by atoms with Crippen LogP contribution >= 0.6 is 23.2 Å². The summed E-state index contributed by atoms with van der Waals surface area (Å²) in [6, 6.07) is 0. The van der Waals surface area contributed by atoms with Crippen LogP contribution in [-0.2, 0) is 0 Å². The van der Waals surface area contributed by atoms with Crippen LogP contribution in [0.15, 0.2) is 6.20 Å². The Bertz CT molecular complexity index is 642. The number of fused-ring (bicyclic) bond motifs is 1. The summed E-state index contributed by atoms with van der Waals surface area (Å²) in [5.41, 5.74) is 0.129. The molecule has 3 rings (SSSR count). The molecular formula is C13H13Cl2FN4. The molecule has 0 bridgehead atoms. The summed E-state index contributed by atoms with van der Waals surface area (Å²) in [7, 11) is 0. The van der Waals surface area contributed by atoms with Crippen LogP contribution in [0.4, 0.5) is 10.2 Å². The highest BCUT2D eigenvalue weighted by atomic mass is 35.5. The molecular weight excluding hydrogens is 302 g/mol. The third-order valence-corrected chi connectivity index (χ3v) is 3.93. The molecule has 3 heterocycles. The van der Waals surface area contributed by atoms with Crippen LogP contribution in [0.5, 0.6) is 0 Å². The van der Waals surface area contributed by atoms with Gasteiger partial charge in [-0.05, 0) is 24.4 Å². The van der Waals surface area contributed by atoms with Gasteiger partial charge in [-0.1, -0.05) is 24.4 Å². The summed E-state index contributed by atoms with van der Waals surface area (Å²) in [5.74, 6) is -0.00509. The third kappa shape index (κ3) is 2.52. The van der Waals surface area contributed by atoms with E-state index in [0.717, 1.165) is 25.9 Å². The minimum atomic E-state index is -0.649. The fraction of sp³-hybridized carbons (Fsp3) is 0.462. The topological polar surface area (TPSA) is 41.9 Å². The number of pyridine rings is 1. The van der Waals surface area contributed by atoms with Crippen LogP contribution in [0, 0.1) is 5.82 Å². The van der Waals surface area contributed by atoms with Crippen molar-refractivity contribution in [2.45, 2.75) is 25.7 Å². The Labute approximate surface area is 125 Å². The molecule has 106 valence electrons. The van der Waals surface area contributed by atoms with Crippen molar-refractivity contribution in [3.63, 3.8) is 0 Å². The molecule has 2 aromatic heterocycles. The van der Waals surface area contributed by atoms with Gasteiger partial charge < -0.3 is 4.90 Å². The van der Waals surface area contributed by atoms with E-state index in [0.29, 0.717) is 11.2 Å². The molecule has 0 spiro atoms. The molecule has 7 heteroatoms. The minimum Gasteiger partial charge on any atom is -0.356 e. The Hall–Kier alpha value is -1.20. The number of anilines is 1. The Morgan fingerprint density at radius 3 is 2.45 bits per heavy atom. The second-order valence-electron chi connectivity index (χ2n) is 4.84. The number of aromatic nitrogens is 3. The Kier molecular flexibility index (Phi) is 3.89. The number of hydrogen-bond donors (Lipinski definition) is 0. The summed E-state index contributed by atoms with van der Waals surface area (Å²) >= 11 is 11.6. The van der Waals surface area contributed by atoms with Crippen LogP contribution in [0.25, 0.3) is 10.9 Å². The molecule has 1 fully saturated rings. The van der Waals surface area contributed by atoms with Crippen molar-refractivity contribution in [2.24, 2.45) is 0 Å². The maximum absolute atomic E-state index is 14.0. The van der Waals surface area contributed by atoms with Crippen molar-refractivity contribution in [3.8, 4) is 0 Å². The molecule has 0 N–H and O–H groups in total. The van der Waals surface area contributed by atoms with E-state index in [9.17, 15) is 4.39 Å². The number of hydrogen-bond acceptors (Lipinski definition) is 4. The maximum Gasteiger partial charge on any atom is 0.225 e. The van der Waals surface area contributed by atoms with Gasteiger partial charge in [0.25, 0.3) is 0 Å². The van der Waals surface area contributed by atoms with Gasteiger partial charge in [0.15, 0.2) is 11.0 Å². The SMILES string of the molecule is Fc1c(Cl)ncc2c(N3CCCCCC3)nc(Cl)nc12. The van der Waals surface area contributed by atoms with Crippen molar-refractivity contribution in [3.05, 3.63) is 22.5 Å². The lowest BCUT2D eigenvalue weighted by Gasteiger charge is -2.22. The van der Waals surface area contributed by atoms with E-state index in [1.54, 1.807) is 0 Å². The highest BCUT2D eigenvalue weighted by Crippen LogP contribution is 2.30. The molecule has 2 aromatic rings. The number of halogens is 3. The van der Waals surface area contributed by atoms with Crippen molar-refractivity contribution in [1.82, 2.24) is 15.0 Å². The molecule has 1 aliphatic rings. The molecule has 0 unspecified atom stereocenters. The van der Waals surface area contributed by atoms with Crippen molar-refractivity contribution in [2.75, 3.05) is 18.0 Å². The first-order chi connectivity index (χ1) is 9.66. The first kappa shape index (κ1) is 13.8. The van der Waals surface area contributed by atoms with Gasteiger partial charge >= 0.3 is 0 Å². The van der Waals surface area contributed by atoms with Crippen molar-refractivity contribution in [1.29, 1.82) is 0 Å². The molecule has 1 aliphatic heterocycles. The van der Waals surface area contributed by atoms with Crippen LogP contribution in [-0.4, -0.2) is 28.0 Å². The van der Waals surface area contributed by atoms with Crippen LogP contribution in [0.1, 0.15) is 25.7 Å². The summed E-state index contributed by atoms with van der Waals surface area (Å²) in [6.45, 7) is 1.76. The second kappa shape index (κ2) is 5.66. The molecule has 0 atom stereocenters. The van der Waals surface area contributed by atoms with Gasteiger partial charge in [-0.3, -0.25) is 0 Å². The summed E-state index contributed by atoms with van der Waals surface area (Å²) in [6.07, 6.45) is 6.09. The highest BCUT2D eigenvalue weighted by Gasteiger charge is 2.19. The van der Waals surface area contributed by atoms with Crippen LogP contribution in [0.2, 0.25) is 10.4 Å². The van der Waals surface area contributed by atoms with Crippen molar-refractivity contribution < 1.29 is 4.39 Å². The fourth-order valence-corrected chi connectivity index (χ4v) is 2.82. The maximum atomic E-state index is 14.0. The van der Waals surface area contributed by atoms with Gasteiger partial charge in [0.05, 0.1) is 5.39 Å². The average Bonchev–Trinajstić information content (AvgIpc) is 2.71. The molecule has 1 saturated heterocycles. The van der Waals surface area contributed by atoms with E-state index >= 15 is 0 Å². The predicted molar refractivity (Wildman–Crippen MR) is 78.0 cm³/mol. The third-order valence-electron chi connectivity index (χ3n) is 3.50. The first-order valence-corrected chi connectivity index (χ1v) is 7.34. The molecule has 0 aliphatic carbocycles. The second-order valence-corrected chi connectivity index (χ2v) is 5.54. The summed E-state index contributed by atoms with van der Waals surface area (Å²) < 4.78 is 14.0. The molecule has 0 amide bonds. The lowest BCUT2D eigenvalue weighted by atomic mass is 10.2. The predicted octanol–water partition coefficient (Wildman–Crippen LogP) is 3.85. The van der Waals surface area contributed by atoms with Crippen LogP contribution in [0.3, 0.4) is 0 Å². The zero-order valence-electron chi connectivity index (χ0n) is 10.7. The Morgan fingerprint density at radius 2 is 1.75 bits per heavy atom. The molecule has 20 heavy (non-hydrogen) atoms. The molecule has 0 aromatic carbocycles. The minimum absolute atomic E-state index is 0.0258. The van der Waals surface area contributed by atoms with Gasteiger partial charge in [-0.2, -0.15) is 4.98 Å². The first-order valence-electron chi connectivity index (χ1n) is 6.59. The normalized spacial score (nSPS) is 16.4. The van der Waals surface area contributed by atoms with E-state index in [2.05, 4.69) is 19.9 Å². The lowest BCUT2D eigenvalue weighted by molar-refractivity contribution is 0.631. The van der Waals surface area contributed by atoms with Gasteiger partial charge in [-0.25, -0.2) is 14.4 Å². The standard InChI is InChI=1S/C13H13Cl2FN4/c14-11-9(16)10-8(7-17-11)12(19-13(15)18-10)20-5-3-1-2-4-6-20/h7H,1-6H2. The van der Waals surface area contributed by atoms with Crippen LogP contribution < -0.4 is 4.90 Å². The van der Waals surface area contributed by atoms with E-state index in [-0.39, 0.29) is 16.0 Å². The lowest BCUT2D eigenvalue weighted by Crippen LogP contribution is -2.25. The zero-order chi connectivity index (χ0) is 14.1. The van der Waals surface area contributed by atoms with Gasteiger partial charge in [0.2, 0.25) is 5.28 Å². The van der Waals surface area contributed by atoms with Crippen molar-refractivity contribution >= 4 is 39.9 Å². The molecule has 4 nitrogen and oxygen atoms in total. The zero-order valence-corrected chi connectivity index (χ0v) is 12.3. The van der Waals surface area contributed by atoms with E-state index in [1.165, 1.54) is 19.0 Å². The smallest absolute Gasteiger partial charge is 0.225 e. The van der Waals surface area contributed by atoms with Gasteiger partial charge in [-0.15, -0.1) is 0 Å². The summed E-state index contributed by atoms with van der Waals surface area (Å²) in [5, 5.41) is 0.380. The van der Waals surface area contributed by atoms with Gasteiger partial charge in [0, 0.05) is 19.3 Å². The van der Waals surface area contributed by atoms with E-state index in [4.69, 9.17) is 23.2 Å². The quantitative estimate of drug-likeness (QED) is 0.592. The highest BCUT2D eigenvalue weighted by molar-refractivity contribution is 6.30. The molecule has 0 radical (unpaired) electrons. The van der Waals surface area contributed by atoms with E-state index < -0.39 is 5.82 Å². The van der Waals surface area contributed by atoms with Gasteiger partial charge in [0.1, 0.15) is 11.3 Å². The number of nitrogens with zero attached hydrogens (tertiary/aromatic N) is 4.